The van der Waals surface area contributed by atoms with E-state index >= 15 is 0 Å². The molecule has 0 aliphatic rings. The smallest absolute Gasteiger partial charge is 0.254 e. The quantitative estimate of drug-likeness (QED) is 0.411. The number of carbonyl (C=O) groups is 1. The van der Waals surface area contributed by atoms with Crippen molar-refractivity contribution in [3.63, 3.8) is 0 Å². The summed E-state index contributed by atoms with van der Waals surface area (Å²) in [6.07, 6.45) is 5.01. The van der Waals surface area contributed by atoms with Crippen molar-refractivity contribution in [2.24, 2.45) is 0 Å². The second-order valence-corrected chi connectivity index (χ2v) is 9.96. The first kappa shape index (κ1) is 22.5. The third-order valence-corrected chi connectivity index (χ3v) is 6.70. The summed E-state index contributed by atoms with van der Waals surface area (Å²) in [5.74, 6) is 0.421. The van der Waals surface area contributed by atoms with Crippen LogP contribution in [0, 0.1) is 0 Å². The molecule has 0 radical (unpaired) electrons. The zero-order valence-electron chi connectivity index (χ0n) is 18.7. The summed E-state index contributed by atoms with van der Waals surface area (Å²) < 4.78 is 31.2. The van der Waals surface area contributed by atoms with Crippen LogP contribution in [0.4, 0.5) is 0 Å². The summed E-state index contributed by atoms with van der Waals surface area (Å²) in [7, 11) is -1.54. The number of hydrogen-bond donors (Lipinski definition) is 0. The van der Waals surface area contributed by atoms with Crippen LogP contribution in [0.5, 0.6) is 5.75 Å². The number of ether oxygens (including phenoxy) is 1. The fraction of sp³-hybridized carbons (Fsp3) is 0.200. The van der Waals surface area contributed by atoms with Crippen molar-refractivity contribution in [3.05, 3.63) is 95.9 Å². The maximum Gasteiger partial charge on any atom is 0.254 e. The molecule has 0 fully saturated rings. The Morgan fingerprint density at radius 3 is 2.55 bits per heavy atom. The highest BCUT2D eigenvalue weighted by molar-refractivity contribution is 7.90. The maximum atomic E-state index is 13.1. The Balaban J connectivity index is 1.44. The van der Waals surface area contributed by atoms with Crippen LogP contribution in [0.15, 0.2) is 84.0 Å². The van der Waals surface area contributed by atoms with Crippen LogP contribution in [0.1, 0.15) is 34.6 Å². The molecule has 0 aliphatic carbocycles. The standard InChI is InChI=1S/C25H25N3O4S/c1-18(19-10-12-23(13-11-19)33(3,30)31)27(2)25(29)20-7-6-8-22(15-20)32-17-21-16-28-14-5-4-9-24(28)26-21/h4-16,18H,17H2,1-3H3. The highest BCUT2D eigenvalue weighted by Crippen LogP contribution is 2.24. The molecular formula is C25H25N3O4S. The fourth-order valence-electron chi connectivity index (χ4n) is 3.53. The maximum absolute atomic E-state index is 13.1. The molecule has 1 unspecified atom stereocenters. The number of fused-ring (bicyclic) bond motifs is 1. The van der Waals surface area contributed by atoms with Gasteiger partial charge in [-0.1, -0.05) is 24.3 Å². The van der Waals surface area contributed by atoms with E-state index in [0.717, 1.165) is 16.9 Å². The van der Waals surface area contributed by atoms with Gasteiger partial charge in [-0.3, -0.25) is 4.79 Å². The second kappa shape index (κ2) is 9.07. The number of pyridine rings is 1. The van der Waals surface area contributed by atoms with Gasteiger partial charge < -0.3 is 14.0 Å². The van der Waals surface area contributed by atoms with E-state index in [1.165, 1.54) is 6.26 Å². The predicted molar refractivity (Wildman–Crippen MR) is 126 cm³/mol. The van der Waals surface area contributed by atoms with Gasteiger partial charge in [0.2, 0.25) is 0 Å². The van der Waals surface area contributed by atoms with Crippen molar-refractivity contribution in [3.8, 4) is 5.75 Å². The molecule has 0 spiro atoms. The number of rotatable bonds is 7. The Morgan fingerprint density at radius 2 is 1.85 bits per heavy atom. The van der Waals surface area contributed by atoms with E-state index in [0.29, 0.717) is 11.3 Å². The van der Waals surface area contributed by atoms with Crippen molar-refractivity contribution in [2.75, 3.05) is 13.3 Å². The normalized spacial score (nSPS) is 12.5. The topological polar surface area (TPSA) is 81.0 Å². The van der Waals surface area contributed by atoms with Gasteiger partial charge in [0, 0.05) is 31.3 Å². The zero-order chi connectivity index (χ0) is 23.6. The molecule has 33 heavy (non-hydrogen) atoms. The Hall–Kier alpha value is -3.65. The number of sulfone groups is 1. The summed E-state index contributed by atoms with van der Waals surface area (Å²) in [4.78, 5) is 19.5. The molecule has 170 valence electrons. The van der Waals surface area contributed by atoms with E-state index in [1.54, 1.807) is 60.5 Å². The summed E-state index contributed by atoms with van der Waals surface area (Å²) in [6, 6.07) is 19.2. The highest BCUT2D eigenvalue weighted by Gasteiger charge is 2.20. The summed E-state index contributed by atoms with van der Waals surface area (Å²) in [5, 5.41) is 0. The van der Waals surface area contributed by atoms with Gasteiger partial charge in [-0.25, -0.2) is 13.4 Å². The lowest BCUT2D eigenvalue weighted by molar-refractivity contribution is 0.0742. The lowest BCUT2D eigenvalue weighted by atomic mass is 10.1. The number of benzene rings is 2. The van der Waals surface area contributed by atoms with Crippen molar-refractivity contribution in [1.82, 2.24) is 14.3 Å². The van der Waals surface area contributed by atoms with E-state index in [1.807, 2.05) is 41.9 Å². The first-order valence-corrected chi connectivity index (χ1v) is 12.3. The second-order valence-electron chi connectivity index (χ2n) is 7.95. The van der Waals surface area contributed by atoms with Crippen LogP contribution in [0.2, 0.25) is 0 Å². The molecule has 2 heterocycles. The van der Waals surface area contributed by atoms with Gasteiger partial charge in [0.15, 0.2) is 9.84 Å². The largest absolute Gasteiger partial charge is 0.487 e. The molecular weight excluding hydrogens is 438 g/mol. The average Bonchev–Trinajstić information content (AvgIpc) is 3.24. The van der Waals surface area contributed by atoms with Gasteiger partial charge in [0.25, 0.3) is 5.91 Å². The first-order valence-electron chi connectivity index (χ1n) is 10.4. The van der Waals surface area contributed by atoms with Crippen molar-refractivity contribution >= 4 is 21.4 Å². The van der Waals surface area contributed by atoms with E-state index in [2.05, 4.69) is 4.98 Å². The molecule has 1 atom stereocenters. The number of amides is 1. The lowest BCUT2D eigenvalue weighted by Gasteiger charge is -2.25. The molecule has 0 N–H and O–H groups in total. The van der Waals surface area contributed by atoms with Crippen LogP contribution >= 0.6 is 0 Å². The molecule has 1 amide bonds. The lowest BCUT2D eigenvalue weighted by Crippen LogP contribution is -2.29. The third kappa shape index (κ3) is 5.06. The summed E-state index contributed by atoms with van der Waals surface area (Å²) in [5.41, 5.74) is 2.99. The first-order chi connectivity index (χ1) is 15.7. The molecule has 8 heteroatoms. The molecule has 0 saturated carbocycles. The molecule has 4 aromatic rings. The molecule has 2 aromatic carbocycles. The molecule has 0 saturated heterocycles. The monoisotopic (exact) mass is 463 g/mol. The molecule has 0 bridgehead atoms. The fourth-order valence-corrected chi connectivity index (χ4v) is 4.16. The van der Waals surface area contributed by atoms with Gasteiger partial charge in [-0.05, 0) is 55.0 Å². The van der Waals surface area contributed by atoms with Gasteiger partial charge in [0.05, 0.1) is 16.6 Å². The van der Waals surface area contributed by atoms with E-state index in [9.17, 15) is 13.2 Å². The summed E-state index contributed by atoms with van der Waals surface area (Å²) in [6.45, 7) is 2.19. The van der Waals surface area contributed by atoms with Gasteiger partial charge in [-0.15, -0.1) is 0 Å². The average molecular weight is 464 g/mol. The highest BCUT2D eigenvalue weighted by atomic mass is 32.2. The third-order valence-electron chi connectivity index (χ3n) is 5.57. The number of hydrogen-bond acceptors (Lipinski definition) is 5. The summed E-state index contributed by atoms with van der Waals surface area (Å²) >= 11 is 0. The van der Waals surface area contributed by atoms with E-state index < -0.39 is 9.84 Å². The molecule has 2 aromatic heterocycles. The zero-order valence-corrected chi connectivity index (χ0v) is 19.5. The number of carbonyl (C=O) groups excluding carboxylic acids is 1. The molecule has 7 nitrogen and oxygen atoms in total. The van der Waals surface area contributed by atoms with Crippen LogP contribution in [-0.2, 0) is 16.4 Å². The van der Waals surface area contributed by atoms with Crippen LogP contribution < -0.4 is 4.74 Å². The minimum atomic E-state index is -3.26. The minimum Gasteiger partial charge on any atom is -0.487 e. The Kier molecular flexibility index (Phi) is 6.20. The Bertz CT molecular complexity index is 1360. The van der Waals surface area contributed by atoms with Crippen LogP contribution in [0.25, 0.3) is 5.65 Å². The van der Waals surface area contributed by atoms with Gasteiger partial charge >= 0.3 is 0 Å². The van der Waals surface area contributed by atoms with Crippen molar-refractivity contribution in [2.45, 2.75) is 24.5 Å². The van der Waals surface area contributed by atoms with Crippen LogP contribution in [-0.4, -0.2) is 41.9 Å². The number of imidazole rings is 1. The van der Waals surface area contributed by atoms with E-state index in [4.69, 9.17) is 4.74 Å². The number of aromatic nitrogens is 2. The number of nitrogens with zero attached hydrogens (tertiary/aromatic N) is 3. The van der Waals surface area contributed by atoms with Crippen molar-refractivity contribution < 1.29 is 17.9 Å². The minimum absolute atomic E-state index is 0.159. The molecule has 4 rings (SSSR count). The SMILES string of the molecule is CC(c1ccc(S(C)(=O)=O)cc1)N(C)C(=O)c1cccc(OCc2cn3ccccc3n2)c1. The van der Waals surface area contributed by atoms with E-state index in [-0.39, 0.29) is 23.5 Å². The van der Waals surface area contributed by atoms with Crippen molar-refractivity contribution in [1.29, 1.82) is 0 Å². The molecule has 0 aliphatic heterocycles. The van der Waals surface area contributed by atoms with Gasteiger partial charge in [0.1, 0.15) is 18.0 Å². The van der Waals surface area contributed by atoms with Gasteiger partial charge in [-0.2, -0.15) is 0 Å². The Morgan fingerprint density at radius 1 is 1.09 bits per heavy atom. The Labute approximate surface area is 193 Å². The predicted octanol–water partition coefficient (Wildman–Crippen LogP) is 4.15. The van der Waals surface area contributed by atoms with Crippen LogP contribution in [0.3, 0.4) is 0 Å².